The van der Waals surface area contributed by atoms with Crippen molar-refractivity contribution in [1.29, 1.82) is 0 Å². The van der Waals surface area contributed by atoms with Gasteiger partial charge in [-0.2, -0.15) is 0 Å². The minimum absolute atomic E-state index is 0.0277. The monoisotopic (exact) mass is 471 g/mol. The quantitative estimate of drug-likeness (QED) is 0.521. The molecule has 0 aliphatic carbocycles. The van der Waals surface area contributed by atoms with E-state index in [1.165, 1.54) is 4.90 Å². The normalized spacial score (nSPS) is 19.6. The molecule has 2 aliphatic heterocycles. The first-order valence-electron chi connectivity index (χ1n) is 11.8. The van der Waals surface area contributed by atoms with E-state index in [-0.39, 0.29) is 18.6 Å². The first kappa shape index (κ1) is 22.9. The molecule has 7 nitrogen and oxygen atoms in total. The zero-order valence-electron chi connectivity index (χ0n) is 19.9. The molecule has 35 heavy (non-hydrogen) atoms. The fourth-order valence-electron chi connectivity index (χ4n) is 5.26. The molecule has 180 valence electrons. The van der Waals surface area contributed by atoms with Crippen LogP contribution in [0, 0.1) is 0 Å². The molecular weight excluding hydrogens is 442 g/mol. The lowest BCUT2D eigenvalue weighted by atomic mass is 9.83. The Morgan fingerprint density at radius 2 is 1.57 bits per heavy atom. The minimum Gasteiger partial charge on any atom is -0.497 e. The summed E-state index contributed by atoms with van der Waals surface area (Å²) in [4.78, 5) is 30.9. The van der Waals surface area contributed by atoms with Crippen LogP contribution in [0.1, 0.15) is 35.6 Å². The lowest BCUT2D eigenvalue weighted by Gasteiger charge is -2.31. The number of urea groups is 1. The van der Waals surface area contributed by atoms with Gasteiger partial charge in [-0.15, -0.1) is 0 Å². The molecule has 3 amide bonds. The van der Waals surface area contributed by atoms with E-state index in [0.717, 1.165) is 47.6 Å². The van der Waals surface area contributed by atoms with Crippen molar-refractivity contribution in [2.75, 3.05) is 27.4 Å². The van der Waals surface area contributed by atoms with Crippen molar-refractivity contribution >= 4 is 11.9 Å². The molecule has 0 unspecified atom stereocenters. The Bertz CT molecular complexity index is 1180. The summed E-state index contributed by atoms with van der Waals surface area (Å²) in [6.07, 6.45) is 1.88. The second-order valence-corrected chi connectivity index (χ2v) is 8.87. The number of ether oxygens (including phenoxy) is 2. The van der Waals surface area contributed by atoms with E-state index in [1.807, 2.05) is 78.9 Å². The second-order valence-electron chi connectivity index (χ2n) is 8.87. The number of imide groups is 1. The van der Waals surface area contributed by atoms with Gasteiger partial charge in [0, 0.05) is 24.2 Å². The number of likely N-dealkylation sites (tertiary alicyclic amines) is 1. The average Bonchev–Trinajstić information content (AvgIpc) is 3.47. The molecule has 7 heteroatoms. The van der Waals surface area contributed by atoms with Crippen LogP contribution in [-0.2, 0) is 10.3 Å². The molecule has 1 atom stereocenters. The molecule has 2 saturated heterocycles. The second kappa shape index (κ2) is 9.43. The summed E-state index contributed by atoms with van der Waals surface area (Å²) in [7, 11) is 3.27. The lowest BCUT2D eigenvalue weighted by molar-refractivity contribution is -0.131. The smallest absolute Gasteiger partial charge is 0.326 e. The summed E-state index contributed by atoms with van der Waals surface area (Å²) in [5, 5.41) is 3.04. The van der Waals surface area contributed by atoms with E-state index in [4.69, 9.17) is 9.47 Å². The van der Waals surface area contributed by atoms with Gasteiger partial charge in [0.15, 0.2) is 5.54 Å². The summed E-state index contributed by atoms with van der Waals surface area (Å²) in [5.74, 6) is 1.19. The number of hydrogen-bond acceptors (Lipinski definition) is 5. The van der Waals surface area contributed by atoms with Crippen LogP contribution < -0.4 is 14.8 Å². The molecule has 0 radical (unpaired) electrons. The van der Waals surface area contributed by atoms with Crippen LogP contribution in [0.15, 0.2) is 78.9 Å². The number of hydrogen-bond donors (Lipinski definition) is 1. The van der Waals surface area contributed by atoms with E-state index in [0.29, 0.717) is 0 Å². The van der Waals surface area contributed by atoms with Crippen molar-refractivity contribution in [1.82, 2.24) is 15.1 Å². The van der Waals surface area contributed by atoms with Gasteiger partial charge in [0.05, 0.1) is 20.9 Å². The van der Waals surface area contributed by atoms with Crippen molar-refractivity contribution in [2.24, 2.45) is 0 Å². The summed E-state index contributed by atoms with van der Waals surface area (Å²) >= 11 is 0. The van der Waals surface area contributed by atoms with E-state index in [9.17, 15) is 9.59 Å². The summed E-state index contributed by atoms with van der Waals surface area (Å²) in [5.41, 5.74) is 1.24. The van der Waals surface area contributed by atoms with Gasteiger partial charge in [0.25, 0.3) is 5.91 Å². The Balaban J connectivity index is 1.47. The third-order valence-electron chi connectivity index (χ3n) is 7.01. The lowest BCUT2D eigenvalue weighted by Crippen LogP contribution is -2.46. The van der Waals surface area contributed by atoms with Gasteiger partial charge in [-0.05, 0) is 30.0 Å². The maximum absolute atomic E-state index is 14.1. The Hall–Kier alpha value is -3.84. The van der Waals surface area contributed by atoms with Crippen LogP contribution in [0.3, 0.4) is 0 Å². The van der Waals surface area contributed by atoms with E-state index < -0.39 is 11.6 Å². The third-order valence-corrected chi connectivity index (χ3v) is 7.01. The number of amides is 3. The largest absolute Gasteiger partial charge is 0.497 e. The van der Waals surface area contributed by atoms with Crippen molar-refractivity contribution in [3.05, 3.63) is 95.6 Å². The molecule has 1 N–H and O–H groups in total. The predicted octanol–water partition coefficient (Wildman–Crippen LogP) is 4.29. The first-order chi connectivity index (χ1) is 17.1. The number of carbonyl (C=O) groups is 2. The maximum Gasteiger partial charge on any atom is 0.326 e. The molecule has 2 fully saturated rings. The van der Waals surface area contributed by atoms with Crippen LogP contribution in [0.4, 0.5) is 4.79 Å². The van der Waals surface area contributed by atoms with Crippen molar-refractivity contribution in [2.45, 2.75) is 24.4 Å². The van der Waals surface area contributed by atoms with Gasteiger partial charge in [0.1, 0.15) is 11.5 Å². The highest BCUT2D eigenvalue weighted by Gasteiger charge is 2.54. The number of nitrogens with one attached hydrogen (secondary N) is 1. The van der Waals surface area contributed by atoms with E-state index >= 15 is 0 Å². The van der Waals surface area contributed by atoms with Crippen LogP contribution >= 0.6 is 0 Å². The number of carbonyl (C=O) groups excluding carboxylic acids is 2. The highest BCUT2D eigenvalue weighted by Crippen LogP contribution is 2.41. The van der Waals surface area contributed by atoms with Crippen molar-refractivity contribution in [3.63, 3.8) is 0 Å². The van der Waals surface area contributed by atoms with Crippen LogP contribution in [0.25, 0.3) is 0 Å². The van der Waals surface area contributed by atoms with E-state index in [2.05, 4.69) is 10.2 Å². The molecule has 0 aromatic heterocycles. The molecular formula is C28H29N3O4. The van der Waals surface area contributed by atoms with Gasteiger partial charge >= 0.3 is 6.03 Å². The third kappa shape index (κ3) is 3.91. The first-order valence-corrected chi connectivity index (χ1v) is 11.8. The minimum atomic E-state index is -1.26. The fraction of sp³-hybridized carbons (Fsp3) is 0.286. The number of benzene rings is 3. The highest BCUT2D eigenvalue weighted by molar-refractivity contribution is 6.09. The molecule has 3 aromatic rings. The molecule has 2 heterocycles. The summed E-state index contributed by atoms with van der Waals surface area (Å²) in [6.45, 7) is 0.979. The van der Waals surface area contributed by atoms with E-state index in [1.54, 1.807) is 14.2 Å². The maximum atomic E-state index is 14.1. The average molecular weight is 472 g/mol. The number of methoxy groups -OCH3 is 2. The van der Waals surface area contributed by atoms with Gasteiger partial charge in [0.2, 0.25) is 0 Å². The van der Waals surface area contributed by atoms with Gasteiger partial charge in [-0.3, -0.25) is 9.69 Å². The van der Waals surface area contributed by atoms with Gasteiger partial charge < -0.3 is 14.8 Å². The van der Waals surface area contributed by atoms with Crippen LogP contribution in [-0.4, -0.2) is 49.2 Å². The number of nitrogens with zero attached hydrogens (tertiary/aromatic N) is 2. The SMILES string of the molecule is COc1ccc([C@@H]2CCCN2CN2C(=O)NC(c3ccccc3)(c3ccccc3)C2=O)c(OC)c1. The summed E-state index contributed by atoms with van der Waals surface area (Å²) < 4.78 is 11.0. The Morgan fingerprint density at radius 1 is 0.914 bits per heavy atom. The Kier molecular flexibility index (Phi) is 6.17. The zero-order chi connectivity index (χ0) is 24.4. The molecule has 2 aliphatic rings. The van der Waals surface area contributed by atoms with Gasteiger partial charge in [-0.25, -0.2) is 9.69 Å². The standard InChI is InChI=1S/C28H29N3O4/c1-34-22-15-16-23(25(18-22)35-2)24-14-9-17-30(24)19-31-26(32)28(29-27(31)33,20-10-5-3-6-11-20)21-12-7-4-8-13-21/h3-8,10-13,15-16,18,24H,9,14,17,19H2,1-2H3,(H,29,33)/t24-/m0/s1. The Morgan fingerprint density at radius 3 is 2.17 bits per heavy atom. The number of rotatable bonds is 7. The molecule has 0 spiro atoms. The van der Waals surface area contributed by atoms with Crippen molar-refractivity contribution in [3.8, 4) is 11.5 Å². The predicted molar refractivity (Wildman–Crippen MR) is 132 cm³/mol. The Labute approximate surface area is 205 Å². The highest BCUT2D eigenvalue weighted by atomic mass is 16.5. The zero-order valence-corrected chi connectivity index (χ0v) is 19.9. The van der Waals surface area contributed by atoms with Gasteiger partial charge in [-0.1, -0.05) is 66.7 Å². The van der Waals surface area contributed by atoms with Crippen LogP contribution in [0.2, 0.25) is 0 Å². The molecule has 0 saturated carbocycles. The molecule has 5 rings (SSSR count). The fourth-order valence-corrected chi connectivity index (χ4v) is 5.26. The molecule has 3 aromatic carbocycles. The van der Waals surface area contributed by atoms with Crippen molar-refractivity contribution < 1.29 is 19.1 Å². The summed E-state index contributed by atoms with van der Waals surface area (Å²) in [6, 6.07) is 24.3. The van der Waals surface area contributed by atoms with Crippen LogP contribution in [0.5, 0.6) is 11.5 Å². The molecule has 0 bridgehead atoms. The topological polar surface area (TPSA) is 71.1 Å².